The average molecular weight is 461 g/mol. The summed E-state index contributed by atoms with van der Waals surface area (Å²) in [6.07, 6.45) is 1.69. The van der Waals surface area contributed by atoms with E-state index in [1.54, 1.807) is 17.0 Å². The van der Waals surface area contributed by atoms with Gasteiger partial charge in [-0.3, -0.25) is 14.5 Å². The van der Waals surface area contributed by atoms with E-state index >= 15 is 0 Å². The van der Waals surface area contributed by atoms with Crippen LogP contribution in [0, 0.1) is 6.92 Å². The Hall–Kier alpha value is -3.42. The second-order valence-electron chi connectivity index (χ2n) is 8.70. The number of aryl methyl sites for hydroxylation is 1. The first-order valence-electron chi connectivity index (χ1n) is 11.6. The van der Waals surface area contributed by atoms with Crippen LogP contribution in [-0.2, 0) is 4.74 Å². The maximum absolute atomic E-state index is 13.7. The van der Waals surface area contributed by atoms with Gasteiger partial charge in [-0.1, -0.05) is 36.4 Å². The van der Waals surface area contributed by atoms with Crippen LogP contribution in [-0.4, -0.2) is 61.7 Å². The van der Waals surface area contributed by atoms with E-state index in [4.69, 9.17) is 13.9 Å². The van der Waals surface area contributed by atoms with Crippen LogP contribution in [0.1, 0.15) is 33.3 Å². The summed E-state index contributed by atoms with van der Waals surface area (Å²) in [5, 5.41) is 0.498. The van der Waals surface area contributed by atoms with Gasteiger partial charge < -0.3 is 18.8 Å². The average Bonchev–Trinajstić information content (AvgIpc) is 3.14. The molecule has 0 spiro atoms. The molecule has 7 heteroatoms. The third-order valence-electron chi connectivity index (χ3n) is 6.45. The van der Waals surface area contributed by atoms with Gasteiger partial charge in [-0.25, -0.2) is 0 Å². The third kappa shape index (κ3) is 4.13. The fraction of sp³-hybridized carbons (Fsp3) is 0.333. The van der Waals surface area contributed by atoms with Crippen LogP contribution in [0.15, 0.2) is 64.3 Å². The number of benzene rings is 2. The molecule has 0 aliphatic carbocycles. The molecule has 176 valence electrons. The highest BCUT2D eigenvalue weighted by Gasteiger charge is 2.42. The number of morpholine rings is 1. The molecule has 1 atom stereocenters. The van der Waals surface area contributed by atoms with E-state index < -0.39 is 6.04 Å². The van der Waals surface area contributed by atoms with Gasteiger partial charge in [0.2, 0.25) is 5.76 Å². The second-order valence-corrected chi connectivity index (χ2v) is 8.70. The van der Waals surface area contributed by atoms with E-state index in [-0.39, 0.29) is 17.1 Å². The minimum Gasteiger partial charge on any atom is -0.490 e. The largest absolute Gasteiger partial charge is 0.490 e. The van der Waals surface area contributed by atoms with Gasteiger partial charge in [-0.15, -0.1) is 0 Å². The summed E-state index contributed by atoms with van der Waals surface area (Å²) in [4.78, 5) is 31.2. The maximum Gasteiger partial charge on any atom is 0.290 e. The zero-order chi connectivity index (χ0) is 23.7. The summed E-state index contributed by atoms with van der Waals surface area (Å²) < 4.78 is 17.1. The van der Waals surface area contributed by atoms with Gasteiger partial charge in [0, 0.05) is 26.2 Å². The lowest BCUT2D eigenvalue weighted by Gasteiger charge is -2.31. The zero-order valence-corrected chi connectivity index (χ0v) is 19.3. The molecule has 0 bridgehead atoms. The lowest BCUT2D eigenvalue weighted by atomic mass is 9.98. The summed E-state index contributed by atoms with van der Waals surface area (Å²) in [6, 6.07) is 12.5. The molecule has 7 nitrogen and oxygen atoms in total. The van der Waals surface area contributed by atoms with Crippen molar-refractivity contribution in [2.75, 3.05) is 46.0 Å². The first kappa shape index (κ1) is 22.4. The summed E-state index contributed by atoms with van der Waals surface area (Å²) in [7, 11) is 0. The van der Waals surface area contributed by atoms with E-state index in [2.05, 4.69) is 11.5 Å². The molecular weight excluding hydrogens is 432 g/mol. The molecule has 34 heavy (non-hydrogen) atoms. The third-order valence-corrected chi connectivity index (χ3v) is 6.45. The Balaban J connectivity index is 1.56. The minimum absolute atomic E-state index is 0.139. The van der Waals surface area contributed by atoms with Crippen LogP contribution < -0.4 is 10.2 Å². The fourth-order valence-electron chi connectivity index (χ4n) is 4.69. The maximum atomic E-state index is 13.7. The Morgan fingerprint density at radius 3 is 2.59 bits per heavy atom. The van der Waals surface area contributed by atoms with Gasteiger partial charge in [0.1, 0.15) is 17.9 Å². The number of nitrogens with zero attached hydrogens (tertiary/aromatic N) is 2. The number of fused-ring (bicyclic) bond motifs is 2. The number of rotatable bonds is 7. The van der Waals surface area contributed by atoms with Crippen LogP contribution >= 0.6 is 0 Å². The van der Waals surface area contributed by atoms with Crippen molar-refractivity contribution in [3.8, 4) is 5.75 Å². The van der Waals surface area contributed by atoms with Crippen LogP contribution in [0.25, 0.3) is 11.0 Å². The summed E-state index contributed by atoms with van der Waals surface area (Å²) in [5.74, 6) is 0.592. The molecule has 0 radical (unpaired) electrons. The highest BCUT2D eigenvalue weighted by molar-refractivity contribution is 5.99. The fourth-order valence-corrected chi connectivity index (χ4v) is 4.69. The standard InChI is InChI=1S/C27H28N2O5/c1-3-14-33-20-7-5-19(6-8-20)24-23-25(30)21-17-18(2)4-9-22(21)34-26(23)27(31)29(24)11-10-28-12-15-32-16-13-28/h3-9,17,24H,1,10-16H2,2H3. The van der Waals surface area contributed by atoms with Crippen molar-refractivity contribution < 1.29 is 18.7 Å². The van der Waals surface area contributed by atoms with Crippen LogP contribution in [0.5, 0.6) is 5.75 Å². The molecule has 5 rings (SSSR count). The first-order valence-corrected chi connectivity index (χ1v) is 11.6. The Morgan fingerprint density at radius 1 is 1.09 bits per heavy atom. The summed E-state index contributed by atoms with van der Waals surface area (Å²) >= 11 is 0. The van der Waals surface area contributed by atoms with E-state index in [0.29, 0.717) is 55.2 Å². The highest BCUT2D eigenvalue weighted by atomic mass is 16.5. The monoisotopic (exact) mass is 460 g/mol. The summed E-state index contributed by atoms with van der Waals surface area (Å²) in [6.45, 7) is 10.2. The van der Waals surface area contributed by atoms with Gasteiger partial charge in [0.25, 0.3) is 5.91 Å². The molecule has 1 fully saturated rings. The van der Waals surface area contributed by atoms with Gasteiger partial charge in [0.05, 0.1) is 30.2 Å². The molecule has 0 saturated carbocycles. The number of hydrogen-bond acceptors (Lipinski definition) is 6. The SMILES string of the molecule is C=CCOc1ccc(C2c3c(oc4ccc(C)cc4c3=O)C(=O)N2CCN2CCOCC2)cc1. The predicted molar refractivity (Wildman–Crippen MR) is 129 cm³/mol. The molecule has 3 aromatic rings. The zero-order valence-electron chi connectivity index (χ0n) is 19.3. The number of ether oxygens (including phenoxy) is 2. The quantitative estimate of drug-likeness (QED) is 0.502. The Labute approximate surface area is 198 Å². The molecular formula is C27H28N2O5. The van der Waals surface area contributed by atoms with Crippen LogP contribution in [0.2, 0.25) is 0 Å². The van der Waals surface area contributed by atoms with E-state index in [1.807, 2.05) is 43.3 Å². The van der Waals surface area contributed by atoms with Crippen molar-refractivity contribution in [2.24, 2.45) is 0 Å². The van der Waals surface area contributed by atoms with Gasteiger partial charge in [-0.2, -0.15) is 0 Å². The van der Waals surface area contributed by atoms with Crippen molar-refractivity contribution in [1.29, 1.82) is 0 Å². The van der Waals surface area contributed by atoms with Crippen LogP contribution in [0.4, 0.5) is 0 Å². The van der Waals surface area contributed by atoms with Crippen molar-refractivity contribution in [3.05, 3.63) is 87.8 Å². The highest BCUT2D eigenvalue weighted by Crippen LogP contribution is 2.38. The van der Waals surface area contributed by atoms with Gasteiger partial charge in [-0.05, 0) is 36.8 Å². The molecule has 0 N–H and O–H groups in total. The minimum atomic E-state index is -0.516. The molecule has 1 saturated heterocycles. The Kier molecular flexibility index (Phi) is 6.22. The Morgan fingerprint density at radius 2 is 1.85 bits per heavy atom. The second kappa shape index (κ2) is 9.44. The van der Waals surface area contributed by atoms with Crippen LogP contribution in [0.3, 0.4) is 0 Å². The molecule has 2 aliphatic heterocycles. The van der Waals surface area contributed by atoms with E-state index in [1.165, 1.54) is 0 Å². The molecule has 1 aromatic heterocycles. The van der Waals surface area contributed by atoms with Gasteiger partial charge >= 0.3 is 0 Å². The number of carbonyl (C=O) groups is 1. The van der Waals surface area contributed by atoms with Crippen molar-refractivity contribution in [2.45, 2.75) is 13.0 Å². The molecule has 2 aromatic carbocycles. The number of hydrogen-bond donors (Lipinski definition) is 0. The van der Waals surface area contributed by atoms with E-state index in [9.17, 15) is 9.59 Å². The lowest BCUT2D eigenvalue weighted by Crippen LogP contribution is -2.42. The van der Waals surface area contributed by atoms with Gasteiger partial charge in [0.15, 0.2) is 5.43 Å². The summed E-state index contributed by atoms with van der Waals surface area (Å²) in [5.41, 5.74) is 2.50. The lowest BCUT2D eigenvalue weighted by molar-refractivity contribution is 0.0314. The predicted octanol–water partition coefficient (Wildman–Crippen LogP) is 3.54. The Bertz CT molecular complexity index is 1270. The normalized spacial score (nSPS) is 18.3. The van der Waals surface area contributed by atoms with Crippen molar-refractivity contribution in [1.82, 2.24) is 9.80 Å². The van der Waals surface area contributed by atoms with E-state index in [0.717, 1.165) is 24.2 Å². The van der Waals surface area contributed by atoms with Crippen molar-refractivity contribution in [3.63, 3.8) is 0 Å². The topological polar surface area (TPSA) is 72.2 Å². The number of carbonyl (C=O) groups excluding carboxylic acids is 1. The number of amides is 1. The molecule has 1 unspecified atom stereocenters. The van der Waals surface area contributed by atoms with Crippen molar-refractivity contribution >= 4 is 16.9 Å². The smallest absolute Gasteiger partial charge is 0.290 e. The molecule has 2 aliphatic rings. The molecule has 3 heterocycles. The first-order chi connectivity index (χ1) is 16.6. The molecule has 1 amide bonds.